The summed E-state index contributed by atoms with van der Waals surface area (Å²) in [5.74, 6) is -0.827. The monoisotopic (exact) mass is 264 g/mol. The number of esters is 1. The summed E-state index contributed by atoms with van der Waals surface area (Å²) >= 11 is 0. The van der Waals surface area contributed by atoms with Crippen molar-refractivity contribution in [2.75, 3.05) is 7.11 Å². The Balaban J connectivity index is 2.05. The maximum absolute atomic E-state index is 13.8. The van der Waals surface area contributed by atoms with E-state index in [1.54, 1.807) is 12.1 Å². The minimum atomic E-state index is -0.459. The molecule has 2 atom stereocenters. The molecular weight excluding hydrogens is 251 g/mol. The normalized spacial score (nSPS) is 21.9. The molecule has 0 bridgehead atoms. The number of methoxy groups -OCH3 is 1. The number of nitrogens with zero attached hydrogens (tertiary/aromatic N) is 1. The van der Waals surface area contributed by atoms with Crippen molar-refractivity contribution in [3.8, 4) is 6.07 Å². The molecule has 1 N–H and O–H groups in total. The van der Waals surface area contributed by atoms with Crippen molar-refractivity contribution in [2.45, 2.75) is 25.0 Å². The molecule has 1 fully saturated rings. The van der Waals surface area contributed by atoms with Crippen LogP contribution in [0.25, 0.3) is 0 Å². The fourth-order valence-electron chi connectivity index (χ4n) is 2.00. The number of hydrogen-bond donors (Lipinski definition) is 1. The van der Waals surface area contributed by atoms with Crippen LogP contribution < -0.4 is 5.48 Å². The van der Waals surface area contributed by atoms with Crippen LogP contribution in [0.3, 0.4) is 0 Å². The Morgan fingerprint density at radius 2 is 2.47 bits per heavy atom. The third-order valence-electron chi connectivity index (χ3n) is 3.00. The van der Waals surface area contributed by atoms with Crippen molar-refractivity contribution in [3.05, 3.63) is 35.1 Å². The van der Waals surface area contributed by atoms with Gasteiger partial charge in [0.05, 0.1) is 37.3 Å². The van der Waals surface area contributed by atoms with Crippen molar-refractivity contribution < 1.29 is 18.8 Å². The van der Waals surface area contributed by atoms with E-state index in [0.717, 1.165) is 0 Å². The number of hydrogen-bond acceptors (Lipinski definition) is 5. The van der Waals surface area contributed by atoms with Crippen molar-refractivity contribution in [3.63, 3.8) is 0 Å². The molecular formula is C13H13FN2O3. The minimum absolute atomic E-state index is 0.123. The van der Waals surface area contributed by atoms with Crippen LogP contribution in [0.4, 0.5) is 4.39 Å². The Morgan fingerprint density at radius 3 is 3.11 bits per heavy atom. The van der Waals surface area contributed by atoms with Crippen molar-refractivity contribution in [1.82, 2.24) is 5.48 Å². The first-order chi connectivity index (χ1) is 9.13. The molecule has 1 saturated heterocycles. The minimum Gasteiger partial charge on any atom is -0.469 e. The smallest absolute Gasteiger partial charge is 0.308 e. The largest absolute Gasteiger partial charge is 0.469 e. The van der Waals surface area contributed by atoms with E-state index in [-0.39, 0.29) is 30.1 Å². The molecule has 0 radical (unpaired) electrons. The highest BCUT2D eigenvalue weighted by molar-refractivity contribution is 5.69. The second kappa shape index (κ2) is 5.78. The molecule has 2 unspecified atom stereocenters. The number of rotatable bonds is 3. The molecule has 100 valence electrons. The lowest BCUT2D eigenvalue weighted by atomic mass is 9.99. The lowest BCUT2D eigenvalue weighted by Gasteiger charge is -2.09. The summed E-state index contributed by atoms with van der Waals surface area (Å²) in [5.41, 5.74) is 3.39. The molecule has 1 heterocycles. The third kappa shape index (κ3) is 3.08. The average molecular weight is 264 g/mol. The molecule has 5 nitrogen and oxygen atoms in total. The Labute approximate surface area is 109 Å². The van der Waals surface area contributed by atoms with Crippen molar-refractivity contribution in [1.29, 1.82) is 5.26 Å². The van der Waals surface area contributed by atoms with E-state index in [1.165, 1.54) is 13.2 Å². The summed E-state index contributed by atoms with van der Waals surface area (Å²) in [4.78, 5) is 16.3. The number of benzene rings is 1. The highest BCUT2D eigenvalue weighted by atomic mass is 19.1. The molecule has 0 amide bonds. The molecule has 1 aromatic carbocycles. The van der Waals surface area contributed by atoms with E-state index in [0.29, 0.717) is 12.0 Å². The van der Waals surface area contributed by atoms with Gasteiger partial charge < -0.3 is 4.74 Å². The zero-order chi connectivity index (χ0) is 13.8. The van der Waals surface area contributed by atoms with Crippen LogP contribution in [0, 0.1) is 17.1 Å². The fraction of sp³-hybridized carbons (Fsp3) is 0.385. The molecule has 6 heteroatoms. The predicted molar refractivity (Wildman–Crippen MR) is 63.1 cm³/mol. The molecule has 0 aliphatic carbocycles. The first-order valence-electron chi connectivity index (χ1n) is 5.81. The van der Waals surface area contributed by atoms with Crippen molar-refractivity contribution >= 4 is 5.97 Å². The summed E-state index contributed by atoms with van der Waals surface area (Å²) < 4.78 is 18.4. The number of carbonyl (C=O) groups excluding carboxylic acids is 1. The summed E-state index contributed by atoms with van der Waals surface area (Å²) in [7, 11) is 1.31. The Bertz CT molecular complexity index is 527. The number of ether oxygens (including phenoxy) is 1. The topological polar surface area (TPSA) is 71.4 Å². The molecule has 19 heavy (non-hydrogen) atoms. The van der Waals surface area contributed by atoms with E-state index in [9.17, 15) is 9.18 Å². The summed E-state index contributed by atoms with van der Waals surface area (Å²) in [6.45, 7) is 0. The number of carbonyl (C=O) groups is 1. The van der Waals surface area contributed by atoms with Crippen LogP contribution in [0.5, 0.6) is 0 Å². The van der Waals surface area contributed by atoms with Gasteiger partial charge in [-0.15, -0.1) is 0 Å². The highest BCUT2D eigenvalue weighted by Crippen LogP contribution is 2.29. The van der Waals surface area contributed by atoms with E-state index < -0.39 is 5.82 Å². The lowest BCUT2D eigenvalue weighted by molar-refractivity contribution is -0.143. The quantitative estimate of drug-likeness (QED) is 0.839. The Kier molecular flexibility index (Phi) is 4.10. The molecule has 0 spiro atoms. The molecule has 1 aromatic rings. The zero-order valence-electron chi connectivity index (χ0n) is 10.4. The summed E-state index contributed by atoms with van der Waals surface area (Å²) in [6.07, 6.45) is 0.253. The Morgan fingerprint density at radius 1 is 1.68 bits per heavy atom. The number of halogens is 1. The van der Waals surface area contributed by atoms with E-state index >= 15 is 0 Å². The van der Waals surface area contributed by atoms with E-state index in [2.05, 4.69) is 10.2 Å². The summed E-state index contributed by atoms with van der Waals surface area (Å²) in [6, 6.07) is 5.83. The van der Waals surface area contributed by atoms with Gasteiger partial charge in [0.25, 0.3) is 0 Å². The third-order valence-corrected chi connectivity index (χ3v) is 3.00. The van der Waals surface area contributed by atoms with Gasteiger partial charge in [-0.05, 0) is 18.6 Å². The molecule has 0 aromatic heterocycles. The second-order valence-corrected chi connectivity index (χ2v) is 4.27. The number of nitrogens with one attached hydrogen (secondary N) is 1. The van der Waals surface area contributed by atoms with Gasteiger partial charge in [-0.2, -0.15) is 10.7 Å². The fourth-order valence-corrected chi connectivity index (χ4v) is 2.00. The zero-order valence-corrected chi connectivity index (χ0v) is 10.4. The first kappa shape index (κ1) is 13.5. The van der Waals surface area contributed by atoms with Crippen molar-refractivity contribution in [2.24, 2.45) is 0 Å². The van der Waals surface area contributed by atoms with E-state index in [4.69, 9.17) is 10.1 Å². The van der Waals surface area contributed by atoms with Gasteiger partial charge in [0.15, 0.2) is 0 Å². The van der Waals surface area contributed by atoms with Crippen LogP contribution in [0.1, 0.15) is 30.0 Å². The maximum Gasteiger partial charge on any atom is 0.308 e. The van der Waals surface area contributed by atoms with Gasteiger partial charge in [0, 0.05) is 5.56 Å². The second-order valence-electron chi connectivity index (χ2n) is 4.27. The first-order valence-corrected chi connectivity index (χ1v) is 5.81. The predicted octanol–water partition coefficient (Wildman–Crippen LogP) is 1.60. The van der Waals surface area contributed by atoms with Crippen LogP contribution in [-0.4, -0.2) is 19.2 Å². The lowest BCUT2D eigenvalue weighted by Crippen LogP contribution is -2.16. The van der Waals surface area contributed by atoms with Gasteiger partial charge in [0.2, 0.25) is 0 Å². The number of nitriles is 1. The van der Waals surface area contributed by atoms with Gasteiger partial charge in [0.1, 0.15) is 5.82 Å². The molecule has 1 aliphatic rings. The van der Waals surface area contributed by atoms with Gasteiger partial charge in [-0.25, -0.2) is 4.39 Å². The van der Waals surface area contributed by atoms with E-state index in [1.807, 2.05) is 6.07 Å². The molecule has 1 aliphatic heterocycles. The average Bonchev–Trinajstić information content (AvgIpc) is 2.86. The van der Waals surface area contributed by atoms with Crippen LogP contribution in [-0.2, 0) is 14.4 Å². The highest BCUT2D eigenvalue weighted by Gasteiger charge is 2.30. The molecule has 0 saturated carbocycles. The van der Waals surface area contributed by atoms with Crippen LogP contribution in [0.15, 0.2) is 18.2 Å². The Hall–Kier alpha value is -1.97. The van der Waals surface area contributed by atoms with Crippen LogP contribution >= 0.6 is 0 Å². The van der Waals surface area contributed by atoms with Crippen LogP contribution in [0.2, 0.25) is 0 Å². The maximum atomic E-state index is 13.8. The van der Waals surface area contributed by atoms with Gasteiger partial charge in [-0.1, -0.05) is 6.07 Å². The summed E-state index contributed by atoms with van der Waals surface area (Å²) in [5, 5.41) is 8.68. The van der Waals surface area contributed by atoms with Gasteiger partial charge >= 0.3 is 5.97 Å². The van der Waals surface area contributed by atoms with Gasteiger partial charge in [-0.3, -0.25) is 9.63 Å². The standard InChI is InChI=1S/C13H13FN2O3/c1-18-13(17)6-9-5-12(16-19-9)10-3-2-8(7-15)4-11(10)14/h2-4,9,12,16H,5-6H2,1H3. The SMILES string of the molecule is COC(=O)CC1CC(c2ccc(C#N)cc2F)NO1. The molecule has 2 rings (SSSR count). The number of hydroxylamine groups is 1.